The average molecular weight is 365 g/mol. The van der Waals surface area contributed by atoms with Crippen LogP contribution in [0, 0.1) is 5.92 Å². The van der Waals surface area contributed by atoms with E-state index in [0.29, 0.717) is 6.61 Å². The molecule has 0 aromatic heterocycles. The zero-order chi connectivity index (χ0) is 18.5. The lowest BCUT2D eigenvalue weighted by Crippen LogP contribution is -2.32. The monoisotopic (exact) mass is 364 g/mol. The average Bonchev–Trinajstić information content (AvgIpc) is 2.49. The van der Waals surface area contributed by atoms with Gasteiger partial charge < -0.3 is 4.89 Å². The third-order valence-electron chi connectivity index (χ3n) is 4.78. The van der Waals surface area contributed by atoms with Gasteiger partial charge in [-0.15, -0.1) is 0 Å². The molecule has 0 saturated carbocycles. The highest BCUT2D eigenvalue weighted by Crippen LogP contribution is 2.49. The van der Waals surface area contributed by atoms with Crippen LogP contribution in [0.1, 0.15) is 105 Å². The summed E-state index contributed by atoms with van der Waals surface area (Å²) >= 11 is 0. The van der Waals surface area contributed by atoms with Gasteiger partial charge in [-0.1, -0.05) is 78.6 Å². The van der Waals surface area contributed by atoms with Crippen LogP contribution in [0.15, 0.2) is 0 Å². The van der Waals surface area contributed by atoms with Gasteiger partial charge in [-0.3, -0.25) is 9.05 Å². The smallest absolute Gasteiger partial charge is 0.302 e. The molecule has 0 aliphatic rings. The standard InChI is InChI=1S/C19H41O4P/c1-6-8-10-12-13-15-17-22-24(20,21)23-19(4,5)18(3)16-14-11-9-7-2/h18H,6-17H2,1-5H3,(H,20,21). The minimum absolute atomic E-state index is 0.215. The Balaban J connectivity index is 4.04. The van der Waals surface area contributed by atoms with Crippen LogP contribution in [-0.2, 0) is 13.6 Å². The number of rotatable bonds is 16. The zero-order valence-corrected chi connectivity index (χ0v) is 17.6. The molecule has 2 unspecified atom stereocenters. The molecule has 146 valence electrons. The summed E-state index contributed by atoms with van der Waals surface area (Å²) in [6, 6.07) is 0. The van der Waals surface area contributed by atoms with Crippen molar-refractivity contribution in [1.82, 2.24) is 0 Å². The molecular formula is C19H41O4P. The molecule has 0 bridgehead atoms. The Morgan fingerprint density at radius 2 is 1.42 bits per heavy atom. The molecule has 0 aliphatic carbocycles. The second-order valence-electron chi connectivity index (χ2n) is 7.51. The van der Waals surface area contributed by atoms with Crippen LogP contribution in [0.5, 0.6) is 0 Å². The van der Waals surface area contributed by atoms with Gasteiger partial charge in [0.15, 0.2) is 0 Å². The van der Waals surface area contributed by atoms with Gasteiger partial charge >= 0.3 is 7.82 Å². The lowest BCUT2D eigenvalue weighted by atomic mass is 9.88. The van der Waals surface area contributed by atoms with Crippen molar-refractivity contribution in [3.05, 3.63) is 0 Å². The predicted octanol–water partition coefficient (Wildman–Crippen LogP) is 6.87. The first kappa shape index (κ1) is 24.1. The Kier molecular flexibility index (Phi) is 13.4. The molecule has 0 aromatic carbocycles. The third-order valence-corrected chi connectivity index (χ3v) is 5.99. The van der Waals surface area contributed by atoms with Gasteiger partial charge in [-0.2, -0.15) is 0 Å². The quantitative estimate of drug-likeness (QED) is 0.240. The first-order valence-corrected chi connectivity index (χ1v) is 11.4. The molecule has 0 amide bonds. The van der Waals surface area contributed by atoms with Crippen molar-refractivity contribution in [1.29, 1.82) is 0 Å². The van der Waals surface area contributed by atoms with Crippen LogP contribution in [0.25, 0.3) is 0 Å². The fraction of sp³-hybridized carbons (Fsp3) is 1.00. The van der Waals surface area contributed by atoms with Crippen LogP contribution in [0.3, 0.4) is 0 Å². The zero-order valence-electron chi connectivity index (χ0n) is 16.7. The van der Waals surface area contributed by atoms with E-state index in [0.717, 1.165) is 32.1 Å². The summed E-state index contributed by atoms with van der Waals surface area (Å²) in [6.45, 7) is 10.5. The summed E-state index contributed by atoms with van der Waals surface area (Å²) in [6.07, 6.45) is 12.5. The number of phosphoric ester groups is 1. The fourth-order valence-electron chi connectivity index (χ4n) is 2.70. The van der Waals surface area contributed by atoms with Gasteiger partial charge in [0, 0.05) is 0 Å². The molecule has 5 heteroatoms. The maximum Gasteiger partial charge on any atom is 0.472 e. The largest absolute Gasteiger partial charge is 0.472 e. The van der Waals surface area contributed by atoms with Crippen molar-refractivity contribution in [3.63, 3.8) is 0 Å². The second kappa shape index (κ2) is 13.3. The lowest BCUT2D eigenvalue weighted by molar-refractivity contribution is 0.00607. The van der Waals surface area contributed by atoms with E-state index in [9.17, 15) is 9.46 Å². The normalized spacial score (nSPS) is 16.1. The third kappa shape index (κ3) is 12.5. The Bertz CT molecular complexity index is 344. The van der Waals surface area contributed by atoms with Crippen LogP contribution < -0.4 is 0 Å². The molecule has 0 radical (unpaired) electrons. The van der Waals surface area contributed by atoms with Gasteiger partial charge in [-0.25, -0.2) is 4.57 Å². The van der Waals surface area contributed by atoms with Crippen molar-refractivity contribution in [2.24, 2.45) is 5.92 Å². The Morgan fingerprint density at radius 1 is 0.917 bits per heavy atom. The molecule has 0 spiro atoms. The lowest BCUT2D eigenvalue weighted by Gasteiger charge is -2.33. The van der Waals surface area contributed by atoms with Crippen molar-refractivity contribution in [3.8, 4) is 0 Å². The van der Waals surface area contributed by atoms with Crippen LogP contribution in [0.4, 0.5) is 0 Å². The molecule has 0 aromatic rings. The predicted molar refractivity (Wildman–Crippen MR) is 102 cm³/mol. The van der Waals surface area contributed by atoms with E-state index in [1.807, 2.05) is 13.8 Å². The van der Waals surface area contributed by atoms with Gasteiger partial charge in [0.1, 0.15) is 0 Å². The number of phosphoric acid groups is 1. The minimum Gasteiger partial charge on any atom is -0.302 e. The van der Waals surface area contributed by atoms with Gasteiger partial charge in [0.05, 0.1) is 12.2 Å². The van der Waals surface area contributed by atoms with Crippen LogP contribution in [0.2, 0.25) is 0 Å². The summed E-state index contributed by atoms with van der Waals surface area (Å²) < 4.78 is 22.8. The SMILES string of the molecule is CCCCCCCCOP(=O)(O)OC(C)(C)C(C)CCCCCC. The molecular weight excluding hydrogens is 323 g/mol. The van der Waals surface area contributed by atoms with Gasteiger partial charge in [0.25, 0.3) is 0 Å². The molecule has 0 saturated heterocycles. The first-order chi connectivity index (χ1) is 11.2. The molecule has 4 nitrogen and oxygen atoms in total. The summed E-state index contributed by atoms with van der Waals surface area (Å²) in [5, 5.41) is 0. The molecule has 0 aliphatic heterocycles. The van der Waals surface area contributed by atoms with E-state index in [1.165, 1.54) is 38.5 Å². The summed E-state index contributed by atoms with van der Waals surface area (Å²) in [5.41, 5.74) is -0.655. The summed E-state index contributed by atoms with van der Waals surface area (Å²) in [5.74, 6) is 0.215. The first-order valence-electron chi connectivity index (χ1n) is 9.93. The van der Waals surface area contributed by atoms with E-state index < -0.39 is 13.4 Å². The maximum absolute atomic E-state index is 12.2. The Morgan fingerprint density at radius 3 is 2.00 bits per heavy atom. The van der Waals surface area contributed by atoms with Gasteiger partial charge in [0.2, 0.25) is 0 Å². The topological polar surface area (TPSA) is 55.8 Å². The van der Waals surface area contributed by atoms with E-state index in [1.54, 1.807) is 0 Å². The second-order valence-corrected chi connectivity index (χ2v) is 8.89. The Labute approximate surface area is 150 Å². The molecule has 0 heterocycles. The van der Waals surface area contributed by atoms with E-state index in [2.05, 4.69) is 20.8 Å². The highest BCUT2D eigenvalue weighted by atomic mass is 31.2. The summed E-state index contributed by atoms with van der Waals surface area (Å²) in [4.78, 5) is 9.96. The molecule has 2 atom stereocenters. The highest BCUT2D eigenvalue weighted by molar-refractivity contribution is 7.47. The Hall–Kier alpha value is 0.110. The van der Waals surface area contributed by atoms with E-state index in [-0.39, 0.29) is 5.92 Å². The van der Waals surface area contributed by atoms with Crippen LogP contribution in [-0.4, -0.2) is 17.1 Å². The molecule has 1 N–H and O–H groups in total. The number of hydrogen-bond donors (Lipinski definition) is 1. The molecule has 0 fully saturated rings. The minimum atomic E-state index is -3.97. The van der Waals surface area contributed by atoms with Gasteiger partial charge in [-0.05, 0) is 32.6 Å². The van der Waals surface area contributed by atoms with Crippen molar-refractivity contribution < 1.29 is 18.5 Å². The van der Waals surface area contributed by atoms with E-state index >= 15 is 0 Å². The molecule has 0 rings (SSSR count). The number of hydrogen-bond acceptors (Lipinski definition) is 3. The van der Waals surface area contributed by atoms with Crippen molar-refractivity contribution in [2.75, 3.05) is 6.61 Å². The maximum atomic E-state index is 12.2. The number of unbranched alkanes of at least 4 members (excludes halogenated alkanes) is 8. The fourth-order valence-corrected chi connectivity index (χ4v) is 3.89. The van der Waals surface area contributed by atoms with E-state index in [4.69, 9.17) is 9.05 Å². The van der Waals surface area contributed by atoms with Crippen molar-refractivity contribution >= 4 is 7.82 Å². The van der Waals surface area contributed by atoms with Crippen LogP contribution >= 0.6 is 7.82 Å². The van der Waals surface area contributed by atoms with Crippen molar-refractivity contribution in [2.45, 2.75) is 111 Å². The summed E-state index contributed by atoms with van der Waals surface area (Å²) in [7, 11) is -3.97. The highest BCUT2D eigenvalue weighted by Gasteiger charge is 2.35. The molecule has 24 heavy (non-hydrogen) atoms.